The summed E-state index contributed by atoms with van der Waals surface area (Å²) in [5.74, 6) is 0.364. The highest BCUT2D eigenvalue weighted by molar-refractivity contribution is 5.93. The first-order valence-corrected chi connectivity index (χ1v) is 6.64. The van der Waals surface area contributed by atoms with Crippen molar-refractivity contribution in [3.05, 3.63) is 60.4 Å². The number of rotatable bonds is 1. The highest BCUT2D eigenvalue weighted by Crippen LogP contribution is 2.30. The van der Waals surface area contributed by atoms with Gasteiger partial charge in [-0.05, 0) is 41.1 Å². The largest absolute Gasteiger partial charge is 0.398 e. The molecule has 3 aromatic carbocycles. The van der Waals surface area contributed by atoms with Gasteiger partial charge in [-0.2, -0.15) is 0 Å². The maximum Gasteiger partial charge on any atom is 0.140 e. The molecule has 0 radical (unpaired) electrons. The van der Waals surface area contributed by atoms with Gasteiger partial charge in [0.1, 0.15) is 11.6 Å². The Morgan fingerprint density at radius 1 is 0.952 bits per heavy atom. The van der Waals surface area contributed by atoms with E-state index in [1.165, 1.54) is 12.1 Å². The van der Waals surface area contributed by atoms with E-state index in [0.717, 1.165) is 21.9 Å². The molecule has 4 heteroatoms. The number of nitrogens with two attached hydrogens (primary N) is 1. The molecule has 0 saturated carbocycles. The van der Waals surface area contributed by atoms with Crippen molar-refractivity contribution in [3.63, 3.8) is 0 Å². The van der Waals surface area contributed by atoms with Gasteiger partial charge in [-0.15, -0.1) is 0 Å². The molecule has 0 amide bonds. The highest BCUT2D eigenvalue weighted by Gasteiger charge is 2.10. The van der Waals surface area contributed by atoms with Crippen LogP contribution in [0.3, 0.4) is 0 Å². The normalized spacial score (nSPS) is 11.3. The molecule has 0 aliphatic rings. The lowest BCUT2D eigenvalue weighted by Crippen LogP contribution is -1.91. The zero-order valence-corrected chi connectivity index (χ0v) is 11.1. The lowest BCUT2D eigenvalue weighted by atomic mass is 10.0. The van der Waals surface area contributed by atoms with Crippen molar-refractivity contribution >= 4 is 27.5 Å². The number of aromatic nitrogens is 2. The molecular formula is C17H12FN3. The molecular weight excluding hydrogens is 265 g/mol. The van der Waals surface area contributed by atoms with Crippen molar-refractivity contribution < 1.29 is 4.39 Å². The molecule has 3 nitrogen and oxygen atoms in total. The van der Waals surface area contributed by atoms with Gasteiger partial charge in [-0.25, -0.2) is 9.37 Å². The summed E-state index contributed by atoms with van der Waals surface area (Å²) in [6.07, 6.45) is 0. The van der Waals surface area contributed by atoms with E-state index in [2.05, 4.69) is 9.97 Å². The Morgan fingerprint density at radius 2 is 1.71 bits per heavy atom. The van der Waals surface area contributed by atoms with Crippen LogP contribution < -0.4 is 5.73 Å². The average Bonchev–Trinajstić information content (AvgIpc) is 2.89. The van der Waals surface area contributed by atoms with Crippen LogP contribution in [0.2, 0.25) is 0 Å². The molecule has 3 N–H and O–H groups in total. The standard InChI is InChI=1S/C17H12FN3/c18-12-5-6-15-16(9-12)21-17(20-15)13-7-10-3-1-2-4-11(10)8-14(13)19/h1-9H,19H2,(H,20,21). The summed E-state index contributed by atoms with van der Waals surface area (Å²) in [5.41, 5.74) is 8.99. The lowest BCUT2D eigenvalue weighted by molar-refractivity contribution is 0.629. The summed E-state index contributed by atoms with van der Waals surface area (Å²) in [4.78, 5) is 7.62. The molecule has 102 valence electrons. The van der Waals surface area contributed by atoms with E-state index in [9.17, 15) is 4.39 Å². The van der Waals surface area contributed by atoms with Crippen LogP contribution in [0, 0.1) is 5.82 Å². The minimum atomic E-state index is -0.288. The van der Waals surface area contributed by atoms with Crippen molar-refractivity contribution in [1.82, 2.24) is 9.97 Å². The smallest absolute Gasteiger partial charge is 0.140 e. The Hall–Kier alpha value is -2.88. The van der Waals surface area contributed by atoms with Gasteiger partial charge in [0.15, 0.2) is 0 Å². The number of benzene rings is 3. The summed E-state index contributed by atoms with van der Waals surface area (Å²) >= 11 is 0. The number of hydrogen-bond acceptors (Lipinski definition) is 2. The van der Waals surface area contributed by atoms with Gasteiger partial charge in [-0.1, -0.05) is 24.3 Å². The number of anilines is 1. The fraction of sp³-hybridized carbons (Fsp3) is 0. The summed E-state index contributed by atoms with van der Waals surface area (Å²) in [7, 11) is 0. The van der Waals surface area contributed by atoms with Gasteiger partial charge in [0.25, 0.3) is 0 Å². The van der Waals surface area contributed by atoms with E-state index in [1.54, 1.807) is 6.07 Å². The number of nitrogens with zero attached hydrogens (tertiary/aromatic N) is 1. The molecule has 1 aromatic heterocycles. The maximum atomic E-state index is 13.3. The molecule has 0 saturated heterocycles. The maximum absolute atomic E-state index is 13.3. The van der Waals surface area contributed by atoms with Crippen LogP contribution in [0.5, 0.6) is 0 Å². The number of nitrogens with one attached hydrogen (secondary N) is 1. The van der Waals surface area contributed by atoms with E-state index in [1.807, 2.05) is 36.4 Å². The van der Waals surface area contributed by atoms with E-state index < -0.39 is 0 Å². The number of H-pyrrole nitrogens is 1. The number of aromatic amines is 1. The zero-order valence-electron chi connectivity index (χ0n) is 11.1. The minimum absolute atomic E-state index is 0.288. The first-order valence-electron chi connectivity index (χ1n) is 6.64. The number of hydrogen-bond donors (Lipinski definition) is 2. The van der Waals surface area contributed by atoms with Gasteiger partial charge in [0, 0.05) is 11.3 Å². The number of fused-ring (bicyclic) bond motifs is 2. The Balaban J connectivity index is 1.96. The molecule has 1 heterocycles. The molecule has 4 rings (SSSR count). The Bertz CT molecular complexity index is 972. The monoisotopic (exact) mass is 277 g/mol. The first kappa shape index (κ1) is 11.9. The van der Waals surface area contributed by atoms with Gasteiger partial charge >= 0.3 is 0 Å². The van der Waals surface area contributed by atoms with Crippen LogP contribution in [0.25, 0.3) is 33.2 Å². The van der Waals surface area contributed by atoms with Crippen LogP contribution >= 0.6 is 0 Å². The molecule has 0 spiro atoms. The summed E-state index contributed by atoms with van der Waals surface area (Å²) in [5, 5.41) is 2.18. The first-order chi connectivity index (χ1) is 10.2. The number of nitrogen functional groups attached to an aromatic ring is 1. The second-order valence-electron chi connectivity index (χ2n) is 5.03. The molecule has 0 aliphatic heterocycles. The average molecular weight is 277 g/mol. The highest BCUT2D eigenvalue weighted by atomic mass is 19.1. The predicted molar refractivity (Wildman–Crippen MR) is 83.4 cm³/mol. The third-order valence-electron chi connectivity index (χ3n) is 3.62. The quantitative estimate of drug-likeness (QED) is 0.514. The van der Waals surface area contributed by atoms with Crippen molar-refractivity contribution in [2.24, 2.45) is 0 Å². The zero-order chi connectivity index (χ0) is 14.4. The molecule has 0 fully saturated rings. The fourth-order valence-corrected chi connectivity index (χ4v) is 2.57. The van der Waals surface area contributed by atoms with E-state index in [-0.39, 0.29) is 5.82 Å². The SMILES string of the molecule is Nc1cc2ccccc2cc1-c1nc2ccc(F)cc2[nH]1. The van der Waals surface area contributed by atoms with Crippen molar-refractivity contribution in [2.75, 3.05) is 5.73 Å². The topological polar surface area (TPSA) is 54.7 Å². The van der Waals surface area contributed by atoms with Crippen molar-refractivity contribution in [3.8, 4) is 11.4 Å². The second kappa shape index (κ2) is 4.31. The molecule has 4 aromatic rings. The third-order valence-corrected chi connectivity index (χ3v) is 3.62. The van der Waals surface area contributed by atoms with Crippen LogP contribution in [0.4, 0.5) is 10.1 Å². The van der Waals surface area contributed by atoms with Crippen molar-refractivity contribution in [1.29, 1.82) is 0 Å². The van der Waals surface area contributed by atoms with Gasteiger partial charge in [0.05, 0.1) is 11.0 Å². The Labute approximate surface area is 120 Å². The summed E-state index contributed by atoms with van der Waals surface area (Å²) in [6.45, 7) is 0. The molecule has 0 atom stereocenters. The molecule has 21 heavy (non-hydrogen) atoms. The number of halogens is 1. The summed E-state index contributed by atoms with van der Waals surface area (Å²) < 4.78 is 13.3. The predicted octanol–water partition coefficient (Wildman–Crippen LogP) is 4.10. The van der Waals surface area contributed by atoms with Gasteiger partial charge < -0.3 is 10.7 Å². The lowest BCUT2D eigenvalue weighted by Gasteiger charge is -2.05. The van der Waals surface area contributed by atoms with Gasteiger partial charge in [-0.3, -0.25) is 0 Å². The Morgan fingerprint density at radius 3 is 2.52 bits per heavy atom. The number of imidazole rings is 1. The molecule has 0 aliphatic carbocycles. The van der Waals surface area contributed by atoms with E-state index >= 15 is 0 Å². The fourth-order valence-electron chi connectivity index (χ4n) is 2.57. The van der Waals surface area contributed by atoms with E-state index in [0.29, 0.717) is 17.0 Å². The van der Waals surface area contributed by atoms with Crippen LogP contribution in [0.1, 0.15) is 0 Å². The molecule has 0 unspecified atom stereocenters. The Kier molecular flexibility index (Phi) is 2.44. The molecule has 0 bridgehead atoms. The summed E-state index contributed by atoms with van der Waals surface area (Å²) in [6, 6.07) is 16.4. The van der Waals surface area contributed by atoms with Crippen molar-refractivity contribution in [2.45, 2.75) is 0 Å². The minimum Gasteiger partial charge on any atom is -0.398 e. The van der Waals surface area contributed by atoms with Gasteiger partial charge in [0.2, 0.25) is 0 Å². The van der Waals surface area contributed by atoms with E-state index in [4.69, 9.17) is 5.73 Å². The third kappa shape index (κ3) is 1.92. The van der Waals surface area contributed by atoms with Crippen LogP contribution in [-0.2, 0) is 0 Å². The van der Waals surface area contributed by atoms with Crippen LogP contribution in [0.15, 0.2) is 54.6 Å². The second-order valence-corrected chi connectivity index (χ2v) is 5.03. The van der Waals surface area contributed by atoms with Crippen LogP contribution in [-0.4, -0.2) is 9.97 Å².